The molecule has 0 unspecified atom stereocenters. The van der Waals surface area contributed by atoms with Gasteiger partial charge >= 0.3 is 0 Å². The number of H-pyrrole nitrogens is 1. The zero-order chi connectivity index (χ0) is 28.2. The van der Waals surface area contributed by atoms with Crippen LogP contribution in [-0.4, -0.2) is 58.2 Å². The third-order valence-electron chi connectivity index (χ3n) is 6.04. The van der Waals surface area contributed by atoms with Crippen LogP contribution in [0, 0.1) is 17.0 Å². The number of amides is 1. The van der Waals surface area contributed by atoms with Crippen molar-refractivity contribution in [1.82, 2.24) is 34.6 Å². The molecule has 3 heterocycles. The topological polar surface area (TPSA) is 136 Å². The lowest BCUT2D eigenvalue weighted by Gasteiger charge is -2.16. The minimum atomic E-state index is -0.441. The number of hydrogen-bond donors (Lipinski definition) is 1. The number of benzene rings is 2. The molecule has 2 aromatic carbocycles. The number of aromatic nitrogens is 6. The van der Waals surface area contributed by atoms with Crippen molar-refractivity contribution in [3.8, 4) is 28.3 Å². The molecule has 0 aliphatic rings. The van der Waals surface area contributed by atoms with Gasteiger partial charge in [-0.3, -0.25) is 24.5 Å². The van der Waals surface area contributed by atoms with Crippen molar-refractivity contribution in [2.45, 2.75) is 18.6 Å². The van der Waals surface area contributed by atoms with Crippen molar-refractivity contribution >= 4 is 35.0 Å². The fourth-order valence-corrected chi connectivity index (χ4v) is 5.08. The molecule has 0 atom stereocenters. The summed E-state index contributed by atoms with van der Waals surface area (Å²) in [6.45, 7) is 2.08. The van der Waals surface area contributed by atoms with Crippen molar-refractivity contribution in [2.24, 2.45) is 0 Å². The molecule has 1 N–H and O–H groups in total. The number of hydrogen-bond acceptors (Lipinski definition) is 8. The van der Waals surface area contributed by atoms with E-state index in [4.69, 9.17) is 11.6 Å². The van der Waals surface area contributed by atoms with Crippen molar-refractivity contribution in [3.05, 3.63) is 99.7 Å². The van der Waals surface area contributed by atoms with Gasteiger partial charge in [0.15, 0.2) is 11.0 Å². The molecule has 0 aliphatic carbocycles. The zero-order valence-electron chi connectivity index (χ0n) is 21.5. The molecular weight excluding hydrogens is 552 g/mol. The van der Waals surface area contributed by atoms with E-state index in [1.807, 2.05) is 35.8 Å². The second-order valence-electron chi connectivity index (χ2n) is 8.86. The molecule has 0 fully saturated rings. The first-order valence-electron chi connectivity index (χ1n) is 12.1. The van der Waals surface area contributed by atoms with Gasteiger partial charge < -0.3 is 9.88 Å². The van der Waals surface area contributed by atoms with Gasteiger partial charge in [0.1, 0.15) is 5.82 Å². The lowest BCUT2D eigenvalue weighted by molar-refractivity contribution is -0.384. The first-order chi connectivity index (χ1) is 19.3. The summed E-state index contributed by atoms with van der Waals surface area (Å²) in [4.78, 5) is 37.3. The SMILES string of the molecule is Cc1[nH]c(CN(C)C(=O)CSc2nnc(-c3cccnc3)n2-c2ccc(Cl)cc2)nc1-c1cccc([N+](=O)[O-])c1. The highest BCUT2D eigenvalue weighted by molar-refractivity contribution is 7.99. The third-order valence-corrected chi connectivity index (χ3v) is 7.21. The predicted octanol–water partition coefficient (Wildman–Crippen LogP) is 5.34. The van der Waals surface area contributed by atoms with Crippen molar-refractivity contribution < 1.29 is 9.72 Å². The summed E-state index contributed by atoms with van der Waals surface area (Å²) < 4.78 is 1.87. The first-order valence-corrected chi connectivity index (χ1v) is 13.5. The molecule has 5 aromatic rings. The number of nitrogens with one attached hydrogen (secondary N) is 1. The number of aryl methyl sites for hydroxylation is 1. The zero-order valence-corrected chi connectivity index (χ0v) is 23.1. The van der Waals surface area contributed by atoms with Crippen LogP contribution in [0.25, 0.3) is 28.3 Å². The van der Waals surface area contributed by atoms with Crippen LogP contribution in [0.5, 0.6) is 0 Å². The van der Waals surface area contributed by atoms with Crippen LogP contribution < -0.4 is 0 Å². The number of non-ortho nitro benzene ring substituents is 1. The minimum Gasteiger partial charge on any atom is -0.344 e. The maximum absolute atomic E-state index is 13.1. The highest BCUT2D eigenvalue weighted by Gasteiger charge is 2.20. The maximum atomic E-state index is 13.1. The first kappa shape index (κ1) is 27.0. The summed E-state index contributed by atoms with van der Waals surface area (Å²) in [6.07, 6.45) is 3.39. The minimum absolute atomic E-state index is 0.0103. The number of nitro groups is 1. The number of thioether (sulfide) groups is 1. The smallest absolute Gasteiger partial charge is 0.270 e. The highest BCUT2D eigenvalue weighted by atomic mass is 35.5. The van der Waals surface area contributed by atoms with Gasteiger partial charge in [-0.15, -0.1) is 10.2 Å². The van der Waals surface area contributed by atoms with Crippen molar-refractivity contribution in [1.29, 1.82) is 0 Å². The van der Waals surface area contributed by atoms with E-state index in [-0.39, 0.29) is 23.9 Å². The Bertz CT molecular complexity index is 1670. The van der Waals surface area contributed by atoms with Gasteiger partial charge in [-0.1, -0.05) is 35.5 Å². The van der Waals surface area contributed by atoms with Gasteiger partial charge in [0.25, 0.3) is 5.69 Å². The summed E-state index contributed by atoms with van der Waals surface area (Å²) in [5, 5.41) is 21.0. The molecule has 11 nitrogen and oxygen atoms in total. The Morgan fingerprint density at radius 2 is 1.90 bits per heavy atom. The van der Waals surface area contributed by atoms with E-state index in [1.165, 1.54) is 23.9 Å². The van der Waals surface area contributed by atoms with E-state index >= 15 is 0 Å². The highest BCUT2D eigenvalue weighted by Crippen LogP contribution is 2.29. The summed E-state index contributed by atoms with van der Waals surface area (Å²) in [7, 11) is 1.69. The number of nitro benzene ring substituents is 1. The van der Waals surface area contributed by atoms with Crippen LogP contribution >= 0.6 is 23.4 Å². The van der Waals surface area contributed by atoms with Crippen LogP contribution in [0.4, 0.5) is 5.69 Å². The Kier molecular flexibility index (Phi) is 7.89. The summed E-state index contributed by atoms with van der Waals surface area (Å²) in [5.74, 6) is 1.15. The van der Waals surface area contributed by atoms with Gasteiger partial charge in [-0.05, 0) is 43.3 Å². The molecule has 3 aromatic heterocycles. The number of carbonyl (C=O) groups is 1. The van der Waals surface area contributed by atoms with E-state index < -0.39 is 4.92 Å². The normalized spacial score (nSPS) is 11.0. The fourth-order valence-electron chi connectivity index (χ4n) is 4.06. The molecule has 1 amide bonds. The number of halogens is 1. The molecule has 13 heteroatoms. The Labute approximate surface area is 238 Å². The van der Waals surface area contributed by atoms with E-state index in [0.717, 1.165) is 16.9 Å². The molecule has 0 bridgehead atoms. The van der Waals surface area contributed by atoms with Gasteiger partial charge in [0, 0.05) is 59.1 Å². The van der Waals surface area contributed by atoms with Crippen LogP contribution in [0.2, 0.25) is 5.02 Å². The summed E-state index contributed by atoms with van der Waals surface area (Å²) >= 11 is 7.37. The average molecular weight is 575 g/mol. The Balaban J connectivity index is 1.31. The van der Waals surface area contributed by atoms with Crippen molar-refractivity contribution in [2.75, 3.05) is 12.8 Å². The molecule has 0 saturated carbocycles. The average Bonchev–Trinajstić information content (AvgIpc) is 3.55. The summed E-state index contributed by atoms with van der Waals surface area (Å²) in [5.41, 5.74) is 3.57. The lowest BCUT2D eigenvalue weighted by atomic mass is 10.1. The van der Waals surface area contributed by atoms with Crippen molar-refractivity contribution in [3.63, 3.8) is 0 Å². The van der Waals surface area contributed by atoms with Crippen LogP contribution in [0.15, 0.2) is 78.2 Å². The van der Waals surface area contributed by atoms with E-state index in [0.29, 0.717) is 33.1 Å². The Morgan fingerprint density at radius 3 is 2.62 bits per heavy atom. The summed E-state index contributed by atoms with van der Waals surface area (Å²) in [6, 6.07) is 17.3. The molecule has 202 valence electrons. The number of nitrogens with zero attached hydrogens (tertiary/aromatic N) is 7. The Morgan fingerprint density at radius 1 is 1.12 bits per heavy atom. The molecule has 40 heavy (non-hydrogen) atoms. The fraction of sp³-hybridized carbons (Fsp3) is 0.148. The van der Waals surface area contributed by atoms with Crippen LogP contribution in [0.3, 0.4) is 0 Å². The second kappa shape index (κ2) is 11.7. The number of carbonyl (C=O) groups excluding carboxylic acids is 1. The second-order valence-corrected chi connectivity index (χ2v) is 10.2. The molecule has 0 radical (unpaired) electrons. The monoisotopic (exact) mass is 574 g/mol. The van der Waals surface area contributed by atoms with Gasteiger partial charge in [0.05, 0.1) is 22.9 Å². The molecular formula is C27H23ClN8O3S. The van der Waals surface area contributed by atoms with E-state index in [1.54, 1.807) is 48.6 Å². The Hall–Kier alpha value is -4.55. The molecule has 5 rings (SSSR count). The number of aromatic amines is 1. The van der Waals surface area contributed by atoms with Gasteiger partial charge in [-0.2, -0.15) is 0 Å². The predicted molar refractivity (Wildman–Crippen MR) is 152 cm³/mol. The van der Waals surface area contributed by atoms with E-state index in [2.05, 4.69) is 25.1 Å². The number of pyridine rings is 1. The quantitative estimate of drug-likeness (QED) is 0.141. The molecule has 0 saturated heterocycles. The number of imidazole rings is 1. The third kappa shape index (κ3) is 5.87. The largest absolute Gasteiger partial charge is 0.344 e. The standard InChI is InChI=1S/C27H23ClN8O3S/c1-17-25(18-5-3-7-22(13-18)36(38)39)31-23(30-17)15-34(2)24(37)16-40-27-33-32-26(19-6-4-12-29-14-19)35(27)21-10-8-20(28)9-11-21/h3-14H,15-16H2,1-2H3,(H,30,31). The van der Waals surface area contributed by atoms with Gasteiger partial charge in [0.2, 0.25) is 5.91 Å². The van der Waals surface area contributed by atoms with Crippen LogP contribution in [0.1, 0.15) is 11.5 Å². The molecule has 0 aliphatic heterocycles. The van der Waals surface area contributed by atoms with Gasteiger partial charge in [-0.25, -0.2) is 4.98 Å². The lowest BCUT2D eigenvalue weighted by Crippen LogP contribution is -2.28. The molecule has 0 spiro atoms. The number of rotatable bonds is 9. The maximum Gasteiger partial charge on any atom is 0.270 e. The van der Waals surface area contributed by atoms with Crippen LogP contribution in [-0.2, 0) is 11.3 Å². The van der Waals surface area contributed by atoms with E-state index in [9.17, 15) is 14.9 Å².